The van der Waals surface area contributed by atoms with E-state index in [1.807, 2.05) is 24.3 Å². The summed E-state index contributed by atoms with van der Waals surface area (Å²) in [6.07, 6.45) is -0.720. The van der Waals surface area contributed by atoms with Crippen molar-refractivity contribution in [2.45, 2.75) is 29.7 Å². The van der Waals surface area contributed by atoms with E-state index in [4.69, 9.17) is 4.74 Å². The van der Waals surface area contributed by atoms with E-state index in [2.05, 4.69) is 0 Å². The van der Waals surface area contributed by atoms with Crippen molar-refractivity contribution in [2.75, 3.05) is 7.11 Å². The van der Waals surface area contributed by atoms with Crippen molar-refractivity contribution in [1.29, 1.82) is 0 Å². The van der Waals surface area contributed by atoms with E-state index in [1.54, 1.807) is 27.0 Å². The number of aliphatic hydroxyl groups is 1. The molecule has 1 atom stereocenters. The lowest BCUT2D eigenvalue weighted by molar-refractivity contribution is 0.196. The minimum atomic E-state index is -0.720. The van der Waals surface area contributed by atoms with Crippen LogP contribution in [-0.4, -0.2) is 12.2 Å². The van der Waals surface area contributed by atoms with Gasteiger partial charge in [0.25, 0.3) is 0 Å². The van der Waals surface area contributed by atoms with E-state index in [9.17, 15) is 9.50 Å². The highest BCUT2D eigenvalue weighted by molar-refractivity contribution is 7.99. The number of halogens is 1. The van der Waals surface area contributed by atoms with E-state index in [-0.39, 0.29) is 5.82 Å². The van der Waals surface area contributed by atoms with E-state index >= 15 is 0 Å². The number of rotatable bonds is 4. The average molecular weight is 292 g/mol. The molecule has 20 heavy (non-hydrogen) atoms. The fourth-order valence-corrected chi connectivity index (χ4v) is 3.13. The van der Waals surface area contributed by atoms with Gasteiger partial charge in [-0.2, -0.15) is 0 Å². The first-order valence-electron chi connectivity index (χ1n) is 6.32. The van der Waals surface area contributed by atoms with Crippen LogP contribution in [0.5, 0.6) is 5.75 Å². The maximum absolute atomic E-state index is 13.7. The molecule has 0 aromatic heterocycles. The van der Waals surface area contributed by atoms with E-state index in [0.29, 0.717) is 11.1 Å². The number of ether oxygens (including phenoxy) is 1. The number of aliphatic hydroxyl groups excluding tert-OH is 1. The Labute approximate surface area is 122 Å². The van der Waals surface area contributed by atoms with Crippen LogP contribution in [0.15, 0.2) is 46.2 Å². The van der Waals surface area contributed by atoms with Crippen LogP contribution < -0.4 is 4.74 Å². The van der Waals surface area contributed by atoms with Crippen LogP contribution in [0, 0.1) is 12.7 Å². The Kier molecular flexibility index (Phi) is 4.68. The van der Waals surface area contributed by atoms with E-state index in [0.717, 1.165) is 15.5 Å². The van der Waals surface area contributed by atoms with Crippen LogP contribution in [0.3, 0.4) is 0 Å². The molecule has 1 N–H and O–H groups in total. The summed E-state index contributed by atoms with van der Waals surface area (Å²) in [5.41, 5.74) is 1.15. The molecule has 2 rings (SSSR count). The third kappa shape index (κ3) is 3.14. The molecular formula is C16H17FO2S. The molecule has 0 bridgehead atoms. The Hall–Kier alpha value is -1.52. The monoisotopic (exact) mass is 292 g/mol. The van der Waals surface area contributed by atoms with E-state index < -0.39 is 6.10 Å². The molecule has 0 heterocycles. The summed E-state index contributed by atoms with van der Waals surface area (Å²) in [5.74, 6) is 0.460. The van der Waals surface area contributed by atoms with Gasteiger partial charge in [-0.15, -0.1) is 0 Å². The minimum Gasteiger partial charge on any atom is -0.496 e. The normalized spacial score (nSPS) is 12.2. The fraction of sp³-hybridized carbons (Fsp3) is 0.250. The maximum Gasteiger partial charge on any atom is 0.132 e. The summed E-state index contributed by atoms with van der Waals surface area (Å²) < 4.78 is 19.0. The largest absolute Gasteiger partial charge is 0.496 e. The summed E-state index contributed by atoms with van der Waals surface area (Å²) in [6, 6.07) is 10.8. The molecule has 0 saturated heterocycles. The molecule has 2 nitrogen and oxygen atoms in total. The van der Waals surface area contributed by atoms with Crippen molar-refractivity contribution >= 4 is 11.8 Å². The number of para-hydroxylation sites is 1. The topological polar surface area (TPSA) is 29.5 Å². The van der Waals surface area contributed by atoms with Gasteiger partial charge in [0.1, 0.15) is 11.6 Å². The predicted molar refractivity (Wildman–Crippen MR) is 78.9 cm³/mol. The first-order valence-corrected chi connectivity index (χ1v) is 7.13. The second-order valence-corrected chi connectivity index (χ2v) is 5.65. The molecule has 0 aliphatic heterocycles. The predicted octanol–water partition coefficient (Wildman–Crippen LogP) is 4.35. The van der Waals surface area contributed by atoms with Crippen LogP contribution >= 0.6 is 11.8 Å². The molecule has 0 aliphatic rings. The highest BCUT2D eigenvalue weighted by Gasteiger charge is 2.14. The summed E-state index contributed by atoms with van der Waals surface area (Å²) in [7, 11) is 1.62. The quantitative estimate of drug-likeness (QED) is 0.908. The summed E-state index contributed by atoms with van der Waals surface area (Å²) >= 11 is 1.46. The molecule has 0 spiro atoms. The van der Waals surface area contributed by atoms with Crippen LogP contribution in [0.25, 0.3) is 0 Å². The van der Waals surface area contributed by atoms with Gasteiger partial charge in [-0.05, 0) is 49.2 Å². The zero-order valence-electron chi connectivity index (χ0n) is 11.7. The molecule has 0 fully saturated rings. The third-order valence-electron chi connectivity index (χ3n) is 3.03. The lowest BCUT2D eigenvalue weighted by Gasteiger charge is -2.14. The summed E-state index contributed by atoms with van der Waals surface area (Å²) in [5, 5.41) is 9.81. The standard InChI is InChI=1S/C16H17FO2S/c1-10-8-16(12(11(2)18)9-13(10)17)20-15-7-5-4-6-14(15)19-3/h4-9,11,18H,1-3H3/t11-/m1/s1. The van der Waals surface area contributed by atoms with Crippen molar-refractivity contribution in [2.24, 2.45) is 0 Å². The molecule has 0 unspecified atom stereocenters. The third-order valence-corrected chi connectivity index (χ3v) is 4.16. The fourth-order valence-electron chi connectivity index (χ4n) is 1.91. The zero-order chi connectivity index (χ0) is 14.7. The van der Waals surface area contributed by atoms with Gasteiger partial charge in [0, 0.05) is 4.90 Å². The number of benzene rings is 2. The lowest BCUT2D eigenvalue weighted by Crippen LogP contribution is -1.97. The van der Waals surface area contributed by atoms with Gasteiger partial charge in [0.05, 0.1) is 18.1 Å². The van der Waals surface area contributed by atoms with Crippen molar-refractivity contribution in [3.05, 3.63) is 53.3 Å². The number of methoxy groups -OCH3 is 1. The van der Waals surface area contributed by atoms with Crippen LogP contribution in [0.2, 0.25) is 0 Å². The molecule has 2 aromatic carbocycles. The lowest BCUT2D eigenvalue weighted by atomic mass is 10.1. The second kappa shape index (κ2) is 6.29. The highest BCUT2D eigenvalue weighted by Crippen LogP contribution is 2.39. The smallest absolute Gasteiger partial charge is 0.132 e. The van der Waals surface area contributed by atoms with Gasteiger partial charge in [-0.25, -0.2) is 4.39 Å². The molecule has 2 aromatic rings. The van der Waals surface area contributed by atoms with E-state index in [1.165, 1.54) is 17.8 Å². The highest BCUT2D eigenvalue weighted by atomic mass is 32.2. The first-order chi connectivity index (χ1) is 9.52. The SMILES string of the molecule is COc1ccccc1Sc1cc(C)c(F)cc1[C@@H](C)O. The molecule has 0 amide bonds. The minimum absolute atomic E-state index is 0.301. The average Bonchev–Trinajstić information content (AvgIpc) is 2.43. The Morgan fingerprint density at radius 3 is 2.55 bits per heavy atom. The van der Waals surface area contributed by atoms with Crippen LogP contribution in [0.4, 0.5) is 4.39 Å². The van der Waals surface area contributed by atoms with Gasteiger partial charge in [0.15, 0.2) is 0 Å². The second-order valence-electron chi connectivity index (χ2n) is 4.57. The van der Waals surface area contributed by atoms with Gasteiger partial charge >= 0.3 is 0 Å². The van der Waals surface area contributed by atoms with Crippen molar-refractivity contribution in [1.82, 2.24) is 0 Å². The van der Waals surface area contributed by atoms with Gasteiger partial charge in [0.2, 0.25) is 0 Å². The van der Waals surface area contributed by atoms with Gasteiger partial charge in [-0.1, -0.05) is 23.9 Å². The molecular weight excluding hydrogens is 275 g/mol. The Balaban J connectivity index is 2.45. The van der Waals surface area contributed by atoms with Gasteiger partial charge in [-0.3, -0.25) is 0 Å². The van der Waals surface area contributed by atoms with Crippen molar-refractivity contribution in [3.63, 3.8) is 0 Å². The van der Waals surface area contributed by atoms with Crippen LogP contribution in [-0.2, 0) is 0 Å². The Morgan fingerprint density at radius 1 is 1.20 bits per heavy atom. The van der Waals surface area contributed by atoms with Crippen LogP contribution in [0.1, 0.15) is 24.2 Å². The molecule has 4 heteroatoms. The zero-order valence-corrected chi connectivity index (χ0v) is 12.5. The van der Waals surface area contributed by atoms with Crippen molar-refractivity contribution in [3.8, 4) is 5.75 Å². The van der Waals surface area contributed by atoms with Gasteiger partial charge < -0.3 is 9.84 Å². The molecule has 0 radical (unpaired) electrons. The number of hydrogen-bond acceptors (Lipinski definition) is 3. The number of aryl methyl sites for hydroxylation is 1. The maximum atomic E-state index is 13.7. The number of hydrogen-bond donors (Lipinski definition) is 1. The first kappa shape index (κ1) is 14.9. The molecule has 0 aliphatic carbocycles. The summed E-state index contributed by atoms with van der Waals surface area (Å²) in [6.45, 7) is 3.35. The molecule has 106 valence electrons. The molecule has 0 saturated carbocycles. The van der Waals surface area contributed by atoms with Crippen molar-refractivity contribution < 1.29 is 14.2 Å². The Morgan fingerprint density at radius 2 is 1.90 bits per heavy atom. The Bertz CT molecular complexity index is 611. The summed E-state index contributed by atoms with van der Waals surface area (Å²) in [4.78, 5) is 1.77.